The third-order valence-electron chi connectivity index (χ3n) is 8.69. The minimum atomic E-state index is -0.600. The summed E-state index contributed by atoms with van der Waals surface area (Å²) in [6.45, 7) is 1.06. The van der Waals surface area contributed by atoms with Gasteiger partial charge >= 0.3 is 0 Å². The van der Waals surface area contributed by atoms with Gasteiger partial charge in [0.25, 0.3) is 0 Å². The van der Waals surface area contributed by atoms with Gasteiger partial charge in [0.05, 0.1) is 6.04 Å². The first kappa shape index (κ1) is 26.3. The normalized spacial score (nSPS) is 23.9. The van der Waals surface area contributed by atoms with Gasteiger partial charge in [-0.05, 0) is 67.6 Å². The summed E-state index contributed by atoms with van der Waals surface area (Å²) in [5.74, 6) is 0.305. The topological polar surface area (TPSA) is 32.3 Å². The van der Waals surface area contributed by atoms with E-state index in [1.165, 1.54) is 74.8 Å². The molecule has 2 aromatic rings. The molecule has 5 heteroatoms. The van der Waals surface area contributed by atoms with Gasteiger partial charge in [0.1, 0.15) is 0 Å². The molecule has 3 nitrogen and oxygen atoms in total. The summed E-state index contributed by atoms with van der Waals surface area (Å²) in [4.78, 5) is 15.8. The van der Waals surface area contributed by atoms with Crippen LogP contribution in [0.4, 0.5) is 0 Å². The van der Waals surface area contributed by atoms with Crippen LogP contribution in [0.1, 0.15) is 70.6 Å². The van der Waals surface area contributed by atoms with Crippen molar-refractivity contribution >= 4 is 32.4 Å². The summed E-state index contributed by atoms with van der Waals surface area (Å²) < 4.78 is 0. The maximum atomic E-state index is 13.7. The van der Waals surface area contributed by atoms with Crippen LogP contribution in [0, 0.1) is 0 Å². The average Bonchev–Trinajstić information content (AvgIpc) is 3.43. The molecule has 2 atom stereocenters. The monoisotopic (exact) mass is 522 g/mol. The SMILES string of the molecule is CN(CP(c1ccccc1)c1ccccc1)C(=O)[C@@H]1C[C@H](P(C2CCCCC2)C2CCCCC2)CN1. The van der Waals surface area contributed by atoms with Gasteiger partial charge in [0.15, 0.2) is 0 Å². The van der Waals surface area contributed by atoms with Gasteiger partial charge in [-0.3, -0.25) is 4.79 Å². The number of benzene rings is 2. The molecule has 2 aromatic carbocycles. The lowest BCUT2D eigenvalue weighted by atomic mass is 9.99. The minimum Gasteiger partial charge on any atom is -0.340 e. The largest absolute Gasteiger partial charge is 0.340 e. The molecular weight excluding hydrogens is 478 g/mol. The van der Waals surface area contributed by atoms with Crippen molar-refractivity contribution in [2.75, 3.05) is 19.9 Å². The van der Waals surface area contributed by atoms with Gasteiger partial charge in [-0.1, -0.05) is 107 Å². The molecule has 194 valence electrons. The van der Waals surface area contributed by atoms with Crippen molar-refractivity contribution in [3.63, 3.8) is 0 Å². The van der Waals surface area contributed by atoms with E-state index in [4.69, 9.17) is 0 Å². The molecule has 3 fully saturated rings. The Bertz CT molecular complexity index is 886. The van der Waals surface area contributed by atoms with E-state index in [0.717, 1.165) is 36.2 Å². The highest BCUT2D eigenvalue weighted by molar-refractivity contribution is 7.72. The minimum absolute atomic E-state index is 0.000535. The Hall–Kier alpha value is -1.27. The molecule has 0 radical (unpaired) electrons. The Morgan fingerprint density at radius 2 is 1.28 bits per heavy atom. The number of rotatable bonds is 8. The van der Waals surface area contributed by atoms with Crippen LogP contribution in [0.15, 0.2) is 60.7 Å². The zero-order chi connectivity index (χ0) is 24.7. The Balaban J connectivity index is 1.27. The Morgan fingerprint density at radius 1 is 0.778 bits per heavy atom. The first-order valence-corrected chi connectivity index (χ1v) is 17.4. The molecule has 0 spiro atoms. The van der Waals surface area contributed by atoms with Crippen molar-refractivity contribution in [3.8, 4) is 0 Å². The lowest BCUT2D eigenvalue weighted by Crippen LogP contribution is -2.42. The zero-order valence-corrected chi connectivity index (χ0v) is 23.8. The number of carbonyl (C=O) groups is 1. The highest BCUT2D eigenvalue weighted by atomic mass is 31.1. The van der Waals surface area contributed by atoms with E-state index < -0.39 is 7.92 Å². The molecule has 2 aliphatic carbocycles. The fourth-order valence-corrected chi connectivity index (χ4v) is 13.6. The average molecular weight is 523 g/mol. The van der Waals surface area contributed by atoms with Crippen LogP contribution in [0.5, 0.6) is 0 Å². The van der Waals surface area contributed by atoms with Crippen LogP contribution < -0.4 is 15.9 Å². The molecule has 0 aromatic heterocycles. The van der Waals surface area contributed by atoms with E-state index in [9.17, 15) is 4.79 Å². The second-order valence-corrected chi connectivity index (χ2v) is 16.4. The van der Waals surface area contributed by atoms with Crippen molar-refractivity contribution in [1.82, 2.24) is 10.2 Å². The molecule has 0 unspecified atom stereocenters. The summed E-state index contributed by atoms with van der Waals surface area (Å²) in [7, 11) is 1.44. The molecule has 1 saturated heterocycles. The maximum Gasteiger partial charge on any atom is 0.239 e. The van der Waals surface area contributed by atoms with Crippen molar-refractivity contribution in [2.24, 2.45) is 0 Å². The first-order chi connectivity index (χ1) is 17.7. The summed E-state index contributed by atoms with van der Waals surface area (Å²) in [5, 5.41) is 6.41. The van der Waals surface area contributed by atoms with E-state index >= 15 is 0 Å². The zero-order valence-electron chi connectivity index (χ0n) is 22.0. The highest BCUT2D eigenvalue weighted by Crippen LogP contribution is 2.60. The van der Waals surface area contributed by atoms with Crippen LogP contribution in [0.3, 0.4) is 0 Å². The quantitative estimate of drug-likeness (QED) is 0.406. The van der Waals surface area contributed by atoms with Crippen LogP contribution in [-0.2, 0) is 4.79 Å². The van der Waals surface area contributed by atoms with Crippen molar-refractivity contribution in [3.05, 3.63) is 60.7 Å². The second kappa shape index (κ2) is 13.0. The van der Waals surface area contributed by atoms with E-state index in [1.807, 2.05) is 11.9 Å². The summed E-state index contributed by atoms with van der Waals surface area (Å²) >= 11 is 0. The van der Waals surface area contributed by atoms with Crippen LogP contribution in [-0.4, -0.2) is 53.7 Å². The fraction of sp³-hybridized carbons (Fsp3) is 0.581. The van der Waals surface area contributed by atoms with E-state index in [1.54, 1.807) is 0 Å². The van der Waals surface area contributed by atoms with Gasteiger partial charge < -0.3 is 10.2 Å². The molecular formula is C31H44N2OP2. The molecule has 1 heterocycles. The van der Waals surface area contributed by atoms with Crippen LogP contribution >= 0.6 is 15.8 Å². The number of carbonyl (C=O) groups excluding carboxylic acids is 1. The van der Waals surface area contributed by atoms with Gasteiger partial charge in [-0.15, -0.1) is 0 Å². The Morgan fingerprint density at radius 3 is 1.78 bits per heavy atom. The van der Waals surface area contributed by atoms with Crippen LogP contribution in [0.2, 0.25) is 0 Å². The molecule has 36 heavy (non-hydrogen) atoms. The van der Waals surface area contributed by atoms with Gasteiger partial charge in [-0.2, -0.15) is 0 Å². The molecule has 1 amide bonds. The Kier molecular flexibility index (Phi) is 9.51. The standard InChI is InChI=1S/C31H44N2OP2/c1-33(24-35(25-14-6-2-7-15-25)26-16-8-3-9-17-26)31(34)30-22-29(23-32-30)36(27-18-10-4-11-19-27)28-20-12-5-13-21-28/h2-3,6-9,14-17,27-30,32H,4-5,10-13,18-24H2,1H3/t29-,30-/m0/s1. The lowest BCUT2D eigenvalue weighted by molar-refractivity contribution is -0.130. The molecule has 5 rings (SSSR count). The second-order valence-electron chi connectivity index (χ2n) is 11.2. The molecule has 1 N–H and O–H groups in total. The number of hydrogen-bond donors (Lipinski definition) is 1. The fourth-order valence-electron chi connectivity index (χ4n) is 6.86. The summed E-state index contributed by atoms with van der Waals surface area (Å²) in [6, 6.07) is 21.5. The van der Waals surface area contributed by atoms with E-state index in [0.29, 0.717) is 5.91 Å². The van der Waals surface area contributed by atoms with Crippen molar-refractivity contribution < 1.29 is 4.79 Å². The molecule has 1 aliphatic heterocycles. The number of nitrogens with one attached hydrogen (secondary N) is 1. The maximum absolute atomic E-state index is 13.7. The molecule has 0 bridgehead atoms. The number of nitrogens with zero attached hydrogens (tertiary/aromatic N) is 1. The highest BCUT2D eigenvalue weighted by Gasteiger charge is 2.41. The van der Waals surface area contributed by atoms with Gasteiger partial charge in [-0.25, -0.2) is 0 Å². The predicted molar refractivity (Wildman–Crippen MR) is 158 cm³/mol. The smallest absolute Gasteiger partial charge is 0.239 e. The van der Waals surface area contributed by atoms with Gasteiger partial charge in [0, 0.05) is 19.9 Å². The number of amides is 1. The van der Waals surface area contributed by atoms with Crippen molar-refractivity contribution in [2.45, 2.75) is 93.6 Å². The number of likely N-dealkylation sites (N-methyl/N-ethyl adjacent to an activating group) is 1. The summed E-state index contributed by atoms with van der Waals surface area (Å²) in [6.07, 6.45) is 16.3. The Labute approximate surface area is 221 Å². The van der Waals surface area contributed by atoms with Crippen molar-refractivity contribution in [1.29, 1.82) is 0 Å². The number of hydrogen-bond acceptors (Lipinski definition) is 2. The third-order valence-corrected chi connectivity index (χ3v) is 15.2. The first-order valence-electron chi connectivity index (χ1n) is 14.3. The molecule has 2 saturated carbocycles. The van der Waals surface area contributed by atoms with Crippen LogP contribution in [0.25, 0.3) is 0 Å². The van der Waals surface area contributed by atoms with E-state index in [-0.39, 0.29) is 14.0 Å². The van der Waals surface area contributed by atoms with Gasteiger partial charge in [0.2, 0.25) is 5.91 Å². The third kappa shape index (κ3) is 6.40. The predicted octanol–water partition coefficient (Wildman–Crippen LogP) is 6.41. The summed E-state index contributed by atoms with van der Waals surface area (Å²) in [5.41, 5.74) is 2.65. The molecule has 3 aliphatic rings. The van der Waals surface area contributed by atoms with E-state index in [2.05, 4.69) is 66.0 Å². The lowest BCUT2D eigenvalue weighted by Gasteiger charge is -2.42.